The molecule has 0 aliphatic carbocycles. The first kappa shape index (κ1) is 33.9. The van der Waals surface area contributed by atoms with E-state index in [1.807, 2.05) is 170 Å². The SMILES string of the molecule is N#Cc1ccc(-c2ccc(-c3nc(-c4ccccc4)nc(-c4ccccc4)n3)cc2-c2ccccc2-c2nc(-c3ccccc3)nc(-c3ccccc3)n2)cc1. The summed E-state index contributed by atoms with van der Waals surface area (Å²) >= 11 is 0. The molecule has 9 aromatic rings. The molecule has 0 atom stereocenters. The van der Waals surface area contributed by atoms with Crippen LogP contribution in [0.1, 0.15) is 5.56 Å². The molecule has 0 unspecified atom stereocenters. The molecule has 7 nitrogen and oxygen atoms in total. The maximum absolute atomic E-state index is 9.59. The highest BCUT2D eigenvalue weighted by atomic mass is 15.0. The van der Waals surface area contributed by atoms with E-state index in [4.69, 9.17) is 29.9 Å². The Morgan fingerprint density at radius 2 is 0.625 bits per heavy atom. The normalized spacial score (nSPS) is 10.8. The minimum Gasteiger partial charge on any atom is -0.208 e. The Kier molecular flexibility index (Phi) is 9.18. The lowest BCUT2D eigenvalue weighted by Gasteiger charge is -2.17. The largest absolute Gasteiger partial charge is 0.208 e. The molecule has 0 amide bonds. The van der Waals surface area contributed by atoms with Crippen molar-refractivity contribution in [3.8, 4) is 96.7 Å². The fourth-order valence-electron chi connectivity index (χ4n) is 6.66. The highest BCUT2D eigenvalue weighted by Crippen LogP contribution is 2.40. The van der Waals surface area contributed by atoms with E-state index in [0.717, 1.165) is 55.6 Å². The molecule has 2 heterocycles. The number of nitrogens with zero attached hydrogens (tertiary/aromatic N) is 7. The molecule has 7 aromatic carbocycles. The summed E-state index contributed by atoms with van der Waals surface area (Å²) in [5.74, 6) is 3.41. The molecular weight excluding hydrogens is 687 g/mol. The van der Waals surface area contributed by atoms with Crippen LogP contribution >= 0.6 is 0 Å². The topological polar surface area (TPSA) is 101 Å². The van der Waals surface area contributed by atoms with Crippen molar-refractivity contribution in [3.63, 3.8) is 0 Å². The van der Waals surface area contributed by atoms with E-state index in [1.165, 1.54) is 0 Å². The number of nitriles is 1. The van der Waals surface area contributed by atoms with Gasteiger partial charge in [0.05, 0.1) is 11.6 Å². The summed E-state index contributed by atoms with van der Waals surface area (Å²) in [6, 6.07) is 64.2. The van der Waals surface area contributed by atoms with Gasteiger partial charge in [0.1, 0.15) is 0 Å². The first-order valence-corrected chi connectivity index (χ1v) is 18.2. The van der Waals surface area contributed by atoms with Crippen molar-refractivity contribution in [1.82, 2.24) is 29.9 Å². The quantitative estimate of drug-likeness (QED) is 0.154. The molecule has 0 saturated carbocycles. The average molecular weight is 718 g/mol. The molecule has 0 spiro atoms. The molecule has 56 heavy (non-hydrogen) atoms. The lowest BCUT2D eigenvalue weighted by atomic mass is 9.89. The van der Waals surface area contributed by atoms with Crippen molar-refractivity contribution < 1.29 is 0 Å². The summed E-state index contributed by atoms with van der Waals surface area (Å²) in [6.07, 6.45) is 0. The lowest BCUT2D eigenvalue weighted by molar-refractivity contribution is 1.07. The molecule has 7 heteroatoms. The van der Waals surface area contributed by atoms with Gasteiger partial charge in [-0.1, -0.05) is 170 Å². The van der Waals surface area contributed by atoms with Gasteiger partial charge in [0.15, 0.2) is 34.9 Å². The van der Waals surface area contributed by atoms with Crippen LogP contribution in [0, 0.1) is 11.3 Å². The second kappa shape index (κ2) is 15.2. The highest BCUT2D eigenvalue weighted by molar-refractivity contribution is 5.92. The molecule has 0 N–H and O–H groups in total. The minimum absolute atomic E-state index is 0.542. The second-order valence-corrected chi connectivity index (χ2v) is 13.1. The van der Waals surface area contributed by atoms with Crippen LogP contribution in [0.25, 0.3) is 90.6 Å². The van der Waals surface area contributed by atoms with Crippen LogP contribution in [0.5, 0.6) is 0 Å². The van der Waals surface area contributed by atoms with Crippen molar-refractivity contribution in [2.24, 2.45) is 0 Å². The van der Waals surface area contributed by atoms with E-state index in [1.54, 1.807) is 0 Å². The van der Waals surface area contributed by atoms with Gasteiger partial charge in [-0.15, -0.1) is 0 Å². The summed E-state index contributed by atoms with van der Waals surface area (Å²) < 4.78 is 0. The third-order valence-corrected chi connectivity index (χ3v) is 9.46. The second-order valence-electron chi connectivity index (χ2n) is 13.1. The molecule has 0 aliphatic rings. The van der Waals surface area contributed by atoms with Gasteiger partial charge in [-0.05, 0) is 40.5 Å². The average Bonchev–Trinajstić information content (AvgIpc) is 3.29. The van der Waals surface area contributed by atoms with Crippen LogP contribution < -0.4 is 0 Å². The molecule has 0 bridgehead atoms. The first-order valence-electron chi connectivity index (χ1n) is 18.2. The van der Waals surface area contributed by atoms with Crippen LogP contribution in [0.4, 0.5) is 0 Å². The van der Waals surface area contributed by atoms with Gasteiger partial charge in [0.25, 0.3) is 0 Å². The smallest absolute Gasteiger partial charge is 0.164 e. The third kappa shape index (κ3) is 6.94. The van der Waals surface area contributed by atoms with Gasteiger partial charge in [-0.25, -0.2) is 29.9 Å². The van der Waals surface area contributed by atoms with Gasteiger partial charge >= 0.3 is 0 Å². The van der Waals surface area contributed by atoms with Crippen LogP contribution in [0.3, 0.4) is 0 Å². The molecule has 0 saturated heterocycles. The molecule has 0 aliphatic heterocycles. The van der Waals surface area contributed by atoms with Gasteiger partial charge in [-0.2, -0.15) is 5.26 Å². The van der Waals surface area contributed by atoms with Crippen LogP contribution in [-0.2, 0) is 0 Å². The maximum Gasteiger partial charge on any atom is 0.164 e. The Morgan fingerprint density at radius 3 is 1.05 bits per heavy atom. The number of rotatable bonds is 8. The fourth-order valence-corrected chi connectivity index (χ4v) is 6.66. The molecule has 262 valence electrons. The Labute approximate surface area is 324 Å². The van der Waals surface area contributed by atoms with Crippen molar-refractivity contribution in [3.05, 3.63) is 194 Å². The van der Waals surface area contributed by atoms with Gasteiger partial charge < -0.3 is 0 Å². The van der Waals surface area contributed by atoms with E-state index in [0.29, 0.717) is 40.5 Å². The standard InChI is InChI=1S/C49H31N7/c50-32-33-25-27-34(28-26-33)40-30-29-39(48-53-44(35-15-5-1-6-16-35)51-45(54-48)36-17-7-2-8-18-36)31-43(40)41-23-13-14-24-42(41)49-55-46(37-19-9-3-10-20-37)52-47(56-49)38-21-11-4-12-22-38/h1-31H. The zero-order valence-electron chi connectivity index (χ0n) is 30.0. The summed E-state index contributed by atoms with van der Waals surface area (Å²) in [6.45, 7) is 0. The third-order valence-electron chi connectivity index (χ3n) is 9.46. The summed E-state index contributed by atoms with van der Waals surface area (Å²) in [5.41, 5.74) is 9.57. The van der Waals surface area contributed by atoms with Crippen LogP contribution in [-0.4, -0.2) is 29.9 Å². The van der Waals surface area contributed by atoms with Crippen LogP contribution in [0.15, 0.2) is 188 Å². The molecule has 2 aromatic heterocycles. The van der Waals surface area contributed by atoms with Crippen molar-refractivity contribution in [2.45, 2.75) is 0 Å². The number of hydrogen-bond donors (Lipinski definition) is 0. The molecule has 0 radical (unpaired) electrons. The van der Waals surface area contributed by atoms with Crippen LogP contribution in [0.2, 0.25) is 0 Å². The first-order chi connectivity index (χ1) is 27.7. The van der Waals surface area contributed by atoms with Gasteiger partial charge in [0, 0.05) is 33.4 Å². The van der Waals surface area contributed by atoms with E-state index < -0.39 is 0 Å². The molecular formula is C49H31N7. The molecule has 0 fully saturated rings. The van der Waals surface area contributed by atoms with E-state index in [-0.39, 0.29) is 0 Å². The van der Waals surface area contributed by atoms with Gasteiger partial charge in [-0.3, -0.25) is 0 Å². The zero-order chi connectivity index (χ0) is 37.7. The van der Waals surface area contributed by atoms with Crippen molar-refractivity contribution in [1.29, 1.82) is 5.26 Å². The fraction of sp³-hybridized carbons (Fsp3) is 0. The Morgan fingerprint density at radius 1 is 0.268 bits per heavy atom. The zero-order valence-corrected chi connectivity index (χ0v) is 30.0. The Balaban J connectivity index is 1.27. The lowest BCUT2D eigenvalue weighted by Crippen LogP contribution is -2.02. The number of hydrogen-bond acceptors (Lipinski definition) is 7. The minimum atomic E-state index is 0.542. The summed E-state index contributed by atoms with van der Waals surface area (Å²) in [5, 5.41) is 9.59. The van der Waals surface area contributed by atoms with E-state index >= 15 is 0 Å². The number of aromatic nitrogens is 6. The monoisotopic (exact) mass is 717 g/mol. The van der Waals surface area contributed by atoms with Gasteiger partial charge in [0.2, 0.25) is 0 Å². The van der Waals surface area contributed by atoms with E-state index in [9.17, 15) is 5.26 Å². The predicted octanol–water partition coefficient (Wildman–Crippen LogP) is 11.3. The predicted molar refractivity (Wildman–Crippen MR) is 221 cm³/mol. The molecule has 9 rings (SSSR count). The number of benzene rings is 7. The van der Waals surface area contributed by atoms with E-state index in [2.05, 4.69) is 24.3 Å². The Hall–Kier alpha value is -7.95. The summed E-state index contributed by atoms with van der Waals surface area (Å²) in [4.78, 5) is 30.1. The van der Waals surface area contributed by atoms with Crippen molar-refractivity contribution in [2.75, 3.05) is 0 Å². The maximum atomic E-state index is 9.59. The van der Waals surface area contributed by atoms with Crippen molar-refractivity contribution >= 4 is 0 Å². The summed E-state index contributed by atoms with van der Waals surface area (Å²) in [7, 11) is 0. The Bertz CT molecular complexity index is 2720. The highest BCUT2D eigenvalue weighted by Gasteiger charge is 2.20.